The van der Waals surface area contributed by atoms with Gasteiger partial charge in [-0.3, -0.25) is 9.59 Å². The van der Waals surface area contributed by atoms with Crippen LogP contribution in [0.25, 0.3) is 10.8 Å². The van der Waals surface area contributed by atoms with E-state index in [1.807, 2.05) is 75.2 Å². The first-order chi connectivity index (χ1) is 24.1. The van der Waals surface area contributed by atoms with Crippen molar-refractivity contribution >= 4 is 40.0 Å². The van der Waals surface area contributed by atoms with Crippen molar-refractivity contribution in [3.63, 3.8) is 0 Å². The number of hydrogen-bond donors (Lipinski definition) is 3. The summed E-state index contributed by atoms with van der Waals surface area (Å²) in [5.74, 6) is 0.189. The molecule has 0 radical (unpaired) electrons. The summed E-state index contributed by atoms with van der Waals surface area (Å²) in [6.07, 6.45) is 7.25. The van der Waals surface area contributed by atoms with E-state index in [4.69, 9.17) is 9.47 Å². The van der Waals surface area contributed by atoms with Crippen molar-refractivity contribution in [3.05, 3.63) is 66.2 Å². The third-order valence-corrected chi connectivity index (χ3v) is 10.1. The number of nitrogens with zero attached hydrogens (tertiary/aromatic N) is 2. The summed E-state index contributed by atoms with van der Waals surface area (Å²) in [5.41, 5.74) is 1.40. The Kier molecular flexibility index (Phi) is 13.1. The number of fused-ring (bicyclic) bond motifs is 2. The molecule has 1 heterocycles. The summed E-state index contributed by atoms with van der Waals surface area (Å²) in [6.45, 7) is 6.87. The van der Waals surface area contributed by atoms with Crippen molar-refractivity contribution < 1.29 is 29.0 Å². The second-order valence-electron chi connectivity index (χ2n) is 14.2. The maximum atomic E-state index is 14.5. The summed E-state index contributed by atoms with van der Waals surface area (Å²) in [6, 6.07) is 17.7. The summed E-state index contributed by atoms with van der Waals surface area (Å²) in [4.78, 5) is 44.5. The Balaban J connectivity index is 1.38. The van der Waals surface area contributed by atoms with Gasteiger partial charge in [0, 0.05) is 49.7 Å². The summed E-state index contributed by atoms with van der Waals surface area (Å²) < 4.78 is 12.8. The number of urea groups is 1. The smallest absolute Gasteiger partial charge is 0.323 e. The van der Waals surface area contributed by atoms with Crippen LogP contribution in [-0.2, 0) is 9.53 Å². The molecule has 270 valence electrons. The fourth-order valence-corrected chi connectivity index (χ4v) is 7.10. The molecule has 3 aromatic carbocycles. The fourth-order valence-electron chi connectivity index (χ4n) is 7.10. The molecule has 1 aliphatic carbocycles. The predicted molar refractivity (Wildman–Crippen MR) is 198 cm³/mol. The van der Waals surface area contributed by atoms with Crippen LogP contribution in [0.4, 0.5) is 16.2 Å². The molecule has 1 aliphatic heterocycles. The number of amides is 4. The summed E-state index contributed by atoms with van der Waals surface area (Å²) >= 11 is 0. The van der Waals surface area contributed by atoms with E-state index in [0.717, 1.165) is 55.7 Å². The molecule has 10 heteroatoms. The quantitative estimate of drug-likeness (QED) is 0.240. The molecule has 5 rings (SSSR count). The molecular weight excluding hydrogens is 632 g/mol. The standard InChI is InChI=1S/C40H54N4O6/c1-27-24-44(28(2)26-45)39(47)34-23-32(41-40(48)42-35-19-12-17-30-14-8-9-18-33(30)35)20-21-36(34)50-29(3)13-10-11-22-49-37(27)25-43(4)38(46)31-15-6-5-7-16-31/h8-9,12,14,17-21,23,27-29,31,37,45H,5-7,10-11,13,15-16,22,24-26H2,1-4H3,(H2,41,42,48)/t27-,28-,29+,37+/m0/s1. The molecule has 0 unspecified atom stereocenters. The fraction of sp³-hybridized carbons (Fsp3) is 0.525. The minimum atomic E-state index is -0.503. The van der Waals surface area contributed by atoms with Crippen molar-refractivity contribution in [1.29, 1.82) is 0 Å². The van der Waals surface area contributed by atoms with Crippen LogP contribution < -0.4 is 15.4 Å². The highest BCUT2D eigenvalue weighted by Gasteiger charge is 2.32. The van der Waals surface area contributed by atoms with E-state index < -0.39 is 12.1 Å². The number of benzene rings is 3. The minimum Gasteiger partial charge on any atom is -0.490 e. The number of carbonyl (C=O) groups excluding carboxylic acids is 3. The van der Waals surface area contributed by atoms with Crippen LogP contribution in [0.1, 0.15) is 82.5 Å². The number of rotatable bonds is 7. The van der Waals surface area contributed by atoms with E-state index in [9.17, 15) is 19.5 Å². The lowest BCUT2D eigenvalue weighted by Crippen LogP contribution is -2.48. The van der Waals surface area contributed by atoms with Gasteiger partial charge in [-0.05, 0) is 75.6 Å². The molecule has 10 nitrogen and oxygen atoms in total. The lowest BCUT2D eigenvalue weighted by atomic mass is 9.88. The molecule has 1 saturated carbocycles. The number of nitrogens with one attached hydrogen (secondary N) is 2. The molecule has 4 amide bonds. The Bertz CT molecular complexity index is 1600. The average molecular weight is 687 g/mol. The Hall–Kier alpha value is -4.15. The van der Waals surface area contributed by atoms with Gasteiger partial charge < -0.3 is 35.0 Å². The molecule has 4 atom stereocenters. The summed E-state index contributed by atoms with van der Waals surface area (Å²) in [7, 11) is 1.86. The number of ether oxygens (including phenoxy) is 2. The Labute approximate surface area is 296 Å². The number of anilines is 2. The molecular formula is C40H54N4O6. The Morgan fingerprint density at radius 2 is 1.70 bits per heavy atom. The number of carbonyl (C=O) groups is 3. The topological polar surface area (TPSA) is 120 Å². The van der Waals surface area contributed by atoms with Gasteiger partial charge in [0.2, 0.25) is 5.91 Å². The Morgan fingerprint density at radius 1 is 0.960 bits per heavy atom. The minimum absolute atomic E-state index is 0.0602. The first-order valence-electron chi connectivity index (χ1n) is 18.3. The zero-order valence-electron chi connectivity index (χ0n) is 30.0. The predicted octanol–water partition coefficient (Wildman–Crippen LogP) is 7.32. The van der Waals surface area contributed by atoms with Gasteiger partial charge in [0.15, 0.2) is 0 Å². The van der Waals surface area contributed by atoms with Crippen LogP contribution in [0.2, 0.25) is 0 Å². The van der Waals surface area contributed by atoms with Crippen LogP contribution in [-0.4, -0.2) is 84.4 Å². The third-order valence-electron chi connectivity index (χ3n) is 10.1. The van der Waals surface area contributed by atoms with Crippen molar-refractivity contribution in [3.8, 4) is 5.75 Å². The normalized spacial score (nSPS) is 21.7. The summed E-state index contributed by atoms with van der Waals surface area (Å²) in [5, 5.41) is 18.1. The Morgan fingerprint density at radius 3 is 2.48 bits per heavy atom. The second kappa shape index (κ2) is 17.7. The third kappa shape index (κ3) is 9.54. The average Bonchev–Trinajstić information content (AvgIpc) is 3.12. The number of aliphatic hydroxyl groups excluding tert-OH is 1. The van der Waals surface area contributed by atoms with E-state index in [0.29, 0.717) is 42.4 Å². The van der Waals surface area contributed by atoms with Gasteiger partial charge in [0.05, 0.1) is 36.1 Å². The second-order valence-corrected chi connectivity index (χ2v) is 14.2. The van der Waals surface area contributed by atoms with Gasteiger partial charge in [0.25, 0.3) is 5.91 Å². The largest absolute Gasteiger partial charge is 0.490 e. The number of aliphatic hydroxyl groups is 1. The van der Waals surface area contributed by atoms with Crippen molar-refractivity contribution in [1.82, 2.24) is 9.80 Å². The highest BCUT2D eigenvalue weighted by atomic mass is 16.5. The van der Waals surface area contributed by atoms with Crippen LogP contribution in [0, 0.1) is 11.8 Å². The van der Waals surface area contributed by atoms with Crippen LogP contribution >= 0.6 is 0 Å². The van der Waals surface area contributed by atoms with Crippen molar-refractivity contribution in [2.24, 2.45) is 11.8 Å². The van der Waals surface area contributed by atoms with Gasteiger partial charge in [-0.15, -0.1) is 0 Å². The van der Waals surface area contributed by atoms with Gasteiger partial charge in [-0.2, -0.15) is 0 Å². The van der Waals surface area contributed by atoms with Gasteiger partial charge in [-0.1, -0.05) is 62.6 Å². The molecule has 3 aromatic rings. The van der Waals surface area contributed by atoms with Crippen LogP contribution in [0.15, 0.2) is 60.7 Å². The molecule has 0 spiro atoms. The molecule has 0 saturated heterocycles. The monoisotopic (exact) mass is 686 g/mol. The number of hydrogen-bond acceptors (Lipinski definition) is 6. The zero-order valence-corrected chi connectivity index (χ0v) is 30.0. The lowest BCUT2D eigenvalue weighted by molar-refractivity contribution is -0.137. The maximum Gasteiger partial charge on any atom is 0.323 e. The van der Waals surface area contributed by atoms with E-state index >= 15 is 0 Å². The van der Waals surface area contributed by atoms with E-state index in [-0.39, 0.29) is 42.5 Å². The molecule has 0 bridgehead atoms. The van der Waals surface area contributed by atoms with E-state index in [1.165, 1.54) is 6.42 Å². The van der Waals surface area contributed by atoms with Gasteiger partial charge in [0.1, 0.15) is 5.75 Å². The maximum absolute atomic E-state index is 14.5. The first-order valence-corrected chi connectivity index (χ1v) is 18.3. The van der Waals surface area contributed by atoms with Gasteiger partial charge >= 0.3 is 6.03 Å². The molecule has 0 aromatic heterocycles. The lowest BCUT2D eigenvalue weighted by Gasteiger charge is -2.36. The highest BCUT2D eigenvalue weighted by molar-refractivity contribution is 6.07. The van der Waals surface area contributed by atoms with Crippen molar-refractivity contribution in [2.75, 3.05) is 44.0 Å². The molecule has 1 fully saturated rings. The van der Waals surface area contributed by atoms with E-state index in [1.54, 1.807) is 23.1 Å². The zero-order chi connectivity index (χ0) is 35.6. The van der Waals surface area contributed by atoms with Gasteiger partial charge in [-0.25, -0.2) is 4.79 Å². The SMILES string of the molecule is C[C@@H]1CCCCO[C@H](CN(C)C(=O)C2CCCCC2)[C@@H](C)CN([C@@H](C)CO)C(=O)c2cc(NC(=O)Nc3cccc4ccccc34)ccc2O1. The van der Waals surface area contributed by atoms with Crippen LogP contribution in [0.3, 0.4) is 0 Å². The molecule has 3 N–H and O–H groups in total. The highest BCUT2D eigenvalue weighted by Crippen LogP contribution is 2.30. The van der Waals surface area contributed by atoms with E-state index in [2.05, 4.69) is 10.6 Å². The van der Waals surface area contributed by atoms with Crippen LogP contribution in [0.5, 0.6) is 5.75 Å². The first kappa shape index (κ1) is 37.1. The molecule has 2 aliphatic rings. The van der Waals surface area contributed by atoms with Crippen molar-refractivity contribution in [2.45, 2.75) is 90.4 Å². The number of likely N-dealkylation sites (N-methyl/N-ethyl adjacent to an activating group) is 1. The molecule has 50 heavy (non-hydrogen) atoms.